The molecular formula is C9H23N. The second-order valence-corrected chi connectivity index (χ2v) is 1.42. The van der Waals surface area contributed by atoms with Gasteiger partial charge in [-0.05, 0) is 20.8 Å². The van der Waals surface area contributed by atoms with Crippen LogP contribution in [0, 0.1) is 0 Å². The highest BCUT2D eigenvalue weighted by Crippen LogP contribution is 1.70. The van der Waals surface area contributed by atoms with Crippen LogP contribution >= 0.6 is 0 Å². The number of aliphatic imine (C=N–C) groups is 1. The van der Waals surface area contributed by atoms with Crippen molar-refractivity contribution in [1.82, 2.24) is 0 Å². The summed E-state index contributed by atoms with van der Waals surface area (Å²) in [5.41, 5.74) is 1.16. The van der Waals surface area contributed by atoms with Crippen molar-refractivity contribution in [3.05, 3.63) is 0 Å². The van der Waals surface area contributed by atoms with Gasteiger partial charge in [-0.3, -0.25) is 4.99 Å². The minimum absolute atomic E-state index is 0.919. The fourth-order valence-electron chi connectivity index (χ4n) is 0.316. The number of hydrogen-bond acceptors (Lipinski definition) is 1. The monoisotopic (exact) mass is 145 g/mol. The van der Waals surface area contributed by atoms with Gasteiger partial charge in [-0.25, -0.2) is 0 Å². The molecule has 0 aliphatic carbocycles. The van der Waals surface area contributed by atoms with Crippen LogP contribution in [-0.2, 0) is 0 Å². The van der Waals surface area contributed by atoms with E-state index in [1.54, 1.807) is 0 Å². The molecule has 64 valence electrons. The summed E-state index contributed by atoms with van der Waals surface area (Å²) in [6, 6.07) is 0. The zero-order valence-electron chi connectivity index (χ0n) is 8.65. The van der Waals surface area contributed by atoms with Crippen LogP contribution in [0.3, 0.4) is 0 Å². The zero-order valence-corrected chi connectivity index (χ0v) is 8.65. The maximum Gasteiger partial charge on any atom is 0.0360 e. The van der Waals surface area contributed by atoms with Gasteiger partial charge in [0, 0.05) is 12.3 Å². The van der Waals surface area contributed by atoms with Crippen LogP contribution in [0.15, 0.2) is 4.99 Å². The second kappa shape index (κ2) is 23.4. The molecular weight excluding hydrogens is 122 g/mol. The molecule has 0 saturated carbocycles. The summed E-state index contributed by atoms with van der Waals surface area (Å²) in [6.45, 7) is 15.0. The van der Waals surface area contributed by atoms with E-state index in [1.165, 1.54) is 0 Å². The Kier molecular flexibility index (Phi) is 38.2. The Morgan fingerprint density at radius 3 is 1.30 bits per heavy atom. The van der Waals surface area contributed by atoms with Gasteiger partial charge in [0.1, 0.15) is 0 Å². The minimum atomic E-state index is 0.919. The largest absolute Gasteiger partial charge is 0.295 e. The van der Waals surface area contributed by atoms with Crippen LogP contribution in [0.25, 0.3) is 0 Å². The molecule has 0 atom stereocenters. The van der Waals surface area contributed by atoms with Gasteiger partial charge < -0.3 is 0 Å². The van der Waals surface area contributed by atoms with Crippen LogP contribution < -0.4 is 0 Å². The average molecular weight is 145 g/mol. The molecule has 0 fully saturated rings. The molecule has 0 bridgehead atoms. The van der Waals surface area contributed by atoms with Gasteiger partial charge >= 0.3 is 0 Å². The Labute approximate surface area is 66.6 Å². The third kappa shape index (κ3) is 47.9. The topological polar surface area (TPSA) is 12.4 Å². The van der Waals surface area contributed by atoms with E-state index >= 15 is 0 Å². The van der Waals surface area contributed by atoms with Crippen molar-refractivity contribution in [2.24, 2.45) is 4.99 Å². The standard InChI is InChI=1S/C5H11N.2C2H6/c1-4-6-5(2)3;2*1-2/h4H2,1-3H3;2*1-2H3. The van der Waals surface area contributed by atoms with E-state index in [0.717, 1.165) is 12.3 Å². The Hall–Kier alpha value is -0.330. The van der Waals surface area contributed by atoms with Gasteiger partial charge in [-0.1, -0.05) is 27.7 Å². The first-order valence-electron chi connectivity index (χ1n) is 4.25. The minimum Gasteiger partial charge on any atom is -0.295 e. The second-order valence-electron chi connectivity index (χ2n) is 1.42. The van der Waals surface area contributed by atoms with Crippen molar-refractivity contribution in [3.8, 4) is 0 Å². The highest BCUT2D eigenvalue weighted by molar-refractivity contribution is 5.78. The van der Waals surface area contributed by atoms with E-state index in [1.807, 2.05) is 48.5 Å². The SMILES string of the molecule is CC.CC.CCN=C(C)C. The van der Waals surface area contributed by atoms with Gasteiger partial charge in [0.25, 0.3) is 0 Å². The van der Waals surface area contributed by atoms with Crippen molar-refractivity contribution in [2.75, 3.05) is 6.54 Å². The molecule has 0 amide bonds. The van der Waals surface area contributed by atoms with E-state index in [-0.39, 0.29) is 0 Å². The molecule has 0 aromatic heterocycles. The Morgan fingerprint density at radius 2 is 1.30 bits per heavy atom. The predicted molar refractivity (Wildman–Crippen MR) is 52.0 cm³/mol. The van der Waals surface area contributed by atoms with E-state index in [4.69, 9.17) is 0 Å². The first kappa shape index (κ1) is 16.3. The van der Waals surface area contributed by atoms with E-state index in [0.29, 0.717) is 0 Å². The van der Waals surface area contributed by atoms with Gasteiger partial charge in [0.2, 0.25) is 0 Å². The van der Waals surface area contributed by atoms with E-state index in [9.17, 15) is 0 Å². The molecule has 0 saturated heterocycles. The van der Waals surface area contributed by atoms with Crippen LogP contribution in [0.1, 0.15) is 48.5 Å². The lowest BCUT2D eigenvalue weighted by atomic mass is 10.5. The summed E-state index contributed by atoms with van der Waals surface area (Å²) >= 11 is 0. The molecule has 0 aliphatic heterocycles. The predicted octanol–water partition coefficient (Wildman–Crippen LogP) is 3.54. The maximum absolute atomic E-state index is 4.04. The third-order valence-electron chi connectivity index (χ3n) is 0.474. The quantitative estimate of drug-likeness (QED) is 0.500. The van der Waals surface area contributed by atoms with E-state index in [2.05, 4.69) is 4.99 Å². The molecule has 0 rings (SSSR count). The van der Waals surface area contributed by atoms with E-state index < -0.39 is 0 Å². The van der Waals surface area contributed by atoms with Crippen LogP contribution in [0.2, 0.25) is 0 Å². The Bertz CT molecular complexity index is 51.7. The van der Waals surface area contributed by atoms with Gasteiger partial charge in [0.15, 0.2) is 0 Å². The summed E-state index contributed by atoms with van der Waals surface area (Å²) in [7, 11) is 0. The summed E-state index contributed by atoms with van der Waals surface area (Å²) < 4.78 is 0. The molecule has 0 aromatic rings. The Balaban J connectivity index is -0.000000105. The molecule has 0 unspecified atom stereocenters. The molecule has 0 N–H and O–H groups in total. The van der Waals surface area contributed by atoms with Crippen LogP contribution in [0.5, 0.6) is 0 Å². The van der Waals surface area contributed by atoms with Crippen molar-refractivity contribution in [1.29, 1.82) is 0 Å². The molecule has 0 spiro atoms. The number of rotatable bonds is 1. The summed E-state index contributed by atoms with van der Waals surface area (Å²) in [5.74, 6) is 0. The molecule has 10 heavy (non-hydrogen) atoms. The zero-order chi connectivity index (χ0) is 8.99. The third-order valence-corrected chi connectivity index (χ3v) is 0.474. The number of nitrogens with zero attached hydrogens (tertiary/aromatic N) is 1. The molecule has 0 heterocycles. The number of hydrogen-bond donors (Lipinski definition) is 0. The highest BCUT2D eigenvalue weighted by atomic mass is 14.7. The molecule has 1 heteroatoms. The fraction of sp³-hybridized carbons (Fsp3) is 0.889. The summed E-state index contributed by atoms with van der Waals surface area (Å²) in [6.07, 6.45) is 0. The first-order chi connectivity index (χ1) is 4.77. The van der Waals surface area contributed by atoms with Crippen LogP contribution in [0.4, 0.5) is 0 Å². The molecule has 0 radical (unpaired) electrons. The summed E-state index contributed by atoms with van der Waals surface area (Å²) in [4.78, 5) is 4.04. The lowest BCUT2D eigenvalue weighted by Gasteiger charge is -1.81. The van der Waals surface area contributed by atoms with Crippen LogP contribution in [-0.4, -0.2) is 12.3 Å². The first-order valence-corrected chi connectivity index (χ1v) is 4.25. The fourth-order valence-corrected chi connectivity index (χ4v) is 0.316. The van der Waals surface area contributed by atoms with Gasteiger partial charge in [-0.15, -0.1) is 0 Å². The van der Waals surface area contributed by atoms with Crippen molar-refractivity contribution < 1.29 is 0 Å². The molecule has 0 aliphatic rings. The Morgan fingerprint density at radius 1 is 1.00 bits per heavy atom. The maximum atomic E-state index is 4.04. The van der Waals surface area contributed by atoms with Crippen molar-refractivity contribution >= 4 is 5.71 Å². The van der Waals surface area contributed by atoms with Gasteiger partial charge in [-0.2, -0.15) is 0 Å². The van der Waals surface area contributed by atoms with Gasteiger partial charge in [0.05, 0.1) is 0 Å². The summed E-state index contributed by atoms with van der Waals surface area (Å²) in [5, 5.41) is 0. The van der Waals surface area contributed by atoms with Crippen molar-refractivity contribution in [2.45, 2.75) is 48.5 Å². The lowest BCUT2D eigenvalue weighted by Crippen LogP contribution is -1.79. The lowest BCUT2D eigenvalue weighted by molar-refractivity contribution is 1.12. The molecule has 0 aromatic carbocycles. The smallest absolute Gasteiger partial charge is 0.0360 e. The molecule has 1 nitrogen and oxygen atoms in total. The normalized spacial score (nSPS) is 5.90. The van der Waals surface area contributed by atoms with Crippen molar-refractivity contribution in [3.63, 3.8) is 0 Å². The highest BCUT2D eigenvalue weighted by Gasteiger charge is 1.68. The average Bonchev–Trinajstić information content (AvgIpc) is 1.96.